The van der Waals surface area contributed by atoms with E-state index in [0.717, 1.165) is 4.57 Å². The van der Waals surface area contributed by atoms with Gasteiger partial charge in [0.05, 0.1) is 12.1 Å². The molecule has 0 unspecified atom stereocenters. The van der Waals surface area contributed by atoms with E-state index >= 15 is 0 Å². The van der Waals surface area contributed by atoms with Crippen LogP contribution in [0.5, 0.6) is 5.88 Å². The van der Waals surface area contributed by atoms with Crippen molar-refractivity contribution < 1.29 is 26.7 Å². The zero-order valence-electron chi connectivity index (χ0n) is 18.2. The molecule has 1 N–H and O–H groups in total. The molecule has 1 fully saturated rings. The van der Waals surface area contributed by atoms with E-state index in [1.165, 1.54) is 39.6 Å². The Balaban J connectivity index is 1.69. The van der Waals surface area contributed by atoms with Gasteiger partial charge in [-0.05, 0) is 13.0 Å². The largest absolute Gasteiger partial charge is 0.481 e. The van der Waals surface area contributed by atoms with E-state index in [1.54, 1.807) is 12.1 Å². The predicted octanol–water partition coefficient (Wildman–Crippen LogP) is 2.89. The Morgan fingerprint density at radius 2 is 1.91 bits per heavy atom. The van der Waals surface area contributed by atoms with Crippen LogP contribution >= 0.6 is 11.6 Å². The van der Waals surface area contributed by atoms with Gasteiger partial charge in [-0.1, -0.05) is 17.7 Å². The summed E-state index contributed by atoms with van der Waals surface area (Å²) < 4.78 is 68.2. The highest BCUT2D eigenvalue weighted by Crippen LogP contribution is 2.54. The van der Waals surface area contributed by atoms with Crippen molar-refractivity contribution in [3.8, 4) is 17.4 Å². The first-order valence-corrected chi connectivity index (χ1v) is 11.9. The van der Waals surface area contributed by atoms with E-state index in [9.17, 15) is 17.2 Å². The number of hydrogen-bond donors (Lipinski definition) is 1. The zero-order chi connectivity index (χ0) is 24.7. The van der Waals surface area contributed by atoms with Gasteiger partial charge in [0.2, 0.25) is 21.9 Å². The van der Waals surface area contributed by atoms with E-state index in [1.807, 2.05) is 0 Å². The van der Waals surface area contributed by atoms with Crippen molar-refractivity contribution in [1.29, 1.82) is 0 Å². The number of rotatable bonds is 9. The fourth-order valence-corrected chi connectivity index (χ4v) is 4.56. The molecule has 1 saturated carbocycles. The Labute approximate surface area is 198 Å². The lowest BCUT2D eigenvalue weighted by Crippen LogP contribution is -2.33. The van der Waals surface area contributed by atoms with Gasteiger partial charge in [-0.2, -0.15) is 0 Å². The van der Waals surface area contributed by atoms with Crippen LogP contribution < -0.4 is 9.46 Å². The Hall–Kier alpha value is -2.97. The molecule has 0 aromatic carbocycles. The van der Waals surface area contributed by atoms with Crippen LogP contribution in [0.4, 0.5) is 14.7 Å². The standard InChI is InChI=1S/C19H20ClF2N7O4S/c1-10(15(33-3)16-23-8-11(20)9-24-16)34(30,31)28-18-27-26-17(29(18)13-7-19(13,21)22)12-5-4-6-14(25-12)32-2/h4-6,8-10,13,15H,7H2,1-3H3,(H,27,28)/t10-,13+,15-/m0/s1. The number of sulfonamides is 1. The highest BCUT2D eigenvalue weighted by atomic mass is 35.5. The van der Waals surface area contributed by atoms with Crippen LogP contribution in [0, 0.1) is 0 Å². The summed E-state index contributed by atoms with van der Waals surface area (Å²) in [5.74, 6) is -3.14. The number of ether oxygens (including phenoxy) is 2. The van der Waals surface area contributed by atoms with E-state index < -0.39 is 39.8 Å². The number of methoxy groups -OCH3 is 2. The minimum absolute atomic E-state index is 0.0317. The first-order valence-electron chi connectivity index (χ1n) is 9.93. The summed E-state index contributed by atoms with van der Waals surface area (Å²) in [4.78, 5) is 12.2. The number of halogens is 3. The summed E-state index contributed by atoms with van der Waals surface area (Å²) in [7, 11) is -1.53. The zero-order valence-corrected chi connectivity index (χ0v) is 19.8. The average Bonchev–Trinajstić information content (AvgIpc) is 3.24. The van der Waals surface area contributed by atoms with Crippen molar-refractivity contribution in [1.82, 2.24) is 29.7 Å². The minimum Gasteiger partial charge on any atom is -0.481 e. The van der Waals surface area contributed by atoms with E-state index in [4.69, 9.17) is 21.1 Å². The fourth-order valence-electron chi connectivity index (χ4n) is 3.32. The quantitative estimate of drug-likeness (QED) is 0.456. The van der Waals surface area contributed by atoms with Crippen molar-refractivity contribution in [3.63, 3.8) is 0 Å². The summed E-state index contributed by atoms with van der Waals surface area (Å²) in [6, 6.07) is 3.37. The summed E-state index contributed by atoms with van der Waals surface area (Å²) >= 11 is 5.80. The third-order valence-corrected chi connectivity index (χ3v) is 7.15. The maximum Gasteiger partial charge on any atom is 0.271 e. The Morgan fingerprint density at radius 1 is 1.24 bits per heavy atom. The summed E-state index contributed by atoms with van der Waals surface area (Å²) in [6.07, 6.45) is 1.04. The predicted molar refractivity (Wildman–Crippen MR) is 117 cm³/mol. The highest BCUT2D eigenvalue weighted by Gasteiger charge is 2.60. The second kappa shape index (κ2) is 9.00. The molecule has 0 aliphatic heterocycles. The monoisotopic (exact) mass is 515 g/mol. The smallest absolute Gasteiger partial charge is 0.271 e. The van der Waals surface area contributed by atoms with Crippen LogP contribution in [-0.4, -0.2) is 63.5 Å². The molecular formula is C19H20ClF2N7O4S. The lowest BCUT2D eigenvalue weighted by molar-refractivity contribution is 0.0949. The third-order valence-electron chi connectivity index (χ3n) is 5.26. The molecule has 0 bridgehead atoms. The summed E-state index contributed by atoms with van der Waals surface area (Å²) in [5, 5.41) is 6.79. The third kappa shape index (κ3) is 4.65. The van der Waals surface area contributed by atoms with Gasteiger partial charge in [0.1, 0.15) is 23.1 Å². The number of nitrogens with zero attached hydrogens (tertiary/aromatic N) is 6. The second-order valence-electron chi connectivity index (χ2n) is 7.53. The van der Waals surface area contributed by atoms with Crippen molar-refractivity contribution in [2.45, 2.75) is 36.7 Å². The molecule has 3 atom stereocenters. The molecule has 15 heteroatoms. The van der Waals surface area contributed by atoms with Crippen molar-refractivity contribution >= 4 is 27.6 Å². The van der Waals surface area contributed by atoms with E-state index in [-0.39, 0.29) is 34.2 Å². The number of alkyl halides is 2. The normalized spacial score (nSPS) is 18.8. The van der Waals surface area contributed by atoms with Crippen LogP contribution in [-0.2, 0) is 14.8 Å². The maximum atomic E-state index is 14.1. The van der Waals surface area contributed by atoms with Crippen molar-refractivity contribution in [3.05, 3.63) is 41.4 Å². The second-order valence-corrected chi connectivity index (χ2v) is 10.0. The average molecular weight is 516 g/mol. The van der Waals surface area contributed by atoms with Gasteiger partial charge >= 0.3 is 0 Å². The minimum atomic E-state index is -4.23. The van der Waals surface area contributed by atoms with Crippen LogP contribution in [0.15, 0.2) is 30.6 Å². The Bertz CT molecular complexity index is 1290. The molecule has 0 spiro atoms. The SMILES string of the molecule is COc1cccc(-c2nnc(NS(=O)(=O)[C@@H](C)[C@H](OC)c3ncc(Cl)cn3)n2[C@@H]2CC2(F)F)n1. The molecule has 4 rings (SSSR count). The Morgan fingerprint density at radius 3 is 2.50 bits per heavy atom. The van der Waals surface area contributed by atoms with E-state index in [0.29, 0.717) is 0 Å². The van der Waals surface area contributed by atoms with Gasteiger partial charge in [0.15, 0.2) is 11.6 Å². The molecule has 3 heterocycles. The number of aromatic nitrogens is 6. The first kappa shape index (κ1) is 24.2. The highest BCUT2D eigenvalue weighted by molar-refractivity contribution is 7.93. The number of hydrogen-bond acceptors (Lipinski definition) is 9. The van der Waals surface area contributed by atoms with Gasteiger partial charge in [0, 0.05) is 32.0 Å². The van der Waals surface area contributed by atoms with Gasteiger partial charge < -0.3 is 9.47 Å². The topological polar surface area (TPSA) is 134 Å². The van der Waals surface area contributed by atoms with Crippen LogP contribution in [0.25, 0.3) is 11.5 Å². The molecule has 3 aromatic rings. The molecular weight excluding hydrogens is 496 g/mol. The lowest BCUT2D eigenvalue weighted by Gasteiger charge is -2.22. The molecule has 0 radical (unpaired) electrons. The molecule has 3 aromatic heterocycles. The molecule has 182 valence electrons. The van der Waals surface area contributed by atoms with Gasteiger partial charge in [-0.3, -0.25) is 9.29 Å². The molecule has 0 saturated heterocycles. The molecule has 11 nitrogen and oxygen atoms in total. The molecule has 1 aliphatic rings. The van der Waals surface area contributed by atoms with Crippen LogP contribution in [0.1, 0.15) is 31.3 Å². The maximum absolute atomic E-state index is 14.1. The molecule has 0 amide bonds. The van der Waals surface area contributed by atoms with Gasteiger partial charge in [0.25, 0.3) is 5.92 Å². The van der Waals surface area contributed by atoms with Crippen molar-refractivity contribution in [2.24, 2.45) is 0 Å². The lowest BCUT2D eigenvalue weighted by atomic mass is 10.2. The van der Waals surface area contributed by atoms with Crippen molar-refractivity contribution in [2.75, 3.05) is 18.9 Å². The fraction of sp³-hybridized carbons (Fsp3) is 0.421. The van der Waals surface area contributed by atoms with E-state index in [2.05, 4.69) is 29.9 Å². The van der Waals surface area contributed by atoms with Crippen LogP contribution in [0.3, 0.4) is 0 Å². The first-order chi connectivity index (χ1) is 16.1. The number of anilines is 1. The Kier molecular flexibility index (Phi) is 6.40. The number of nitrogens with one attached hydrogen (secondary N) is 1. The summed E-state index contributed by atoms with van der Waals surface area (Å²) in [5.41, 5.74) is 0.192. The molecule has 1 aliphatic carbocycles. The van der Waals surface area contributed by atoms with Crippen LogP contribution in [0.2, 0.25) is 5.02 Å². The summed E-state index contributed by atoms with van der Waals surface area (Å²) in [6.45, 7) is 1.37. The molecule has 34 heavy (non-hydrogen) atoms. The van der Waals surface area contributed by atoms with Gasteiger partial charge in [-0.15, -0.1) is 10.2 Å². The number of pyridine rings is 1. The van der Waals surface area contributed by atoms with Gasteiger partial charge in [-0.25, -0.2) is 32.2 Å².